The molecule has 2 aromatic carbocycles. The van der Waals surface area contributed by atoms with Crippen LogP contribution in [0.3, 0.4) is 0 Å². The first-order valence-electron chi connectivity index (χ1n) is 9.25. The zero-order valence-corrected chi connectivity index (χ0v) is 17.4. The van der Waals surface area contributed by atoms with Gasteiger partial charge in [0.2, 0.25) is 15.9 Å². The lowest BCUT2D eigenvalue weighted by atomic mass is 10.1. The van der Waals surface area contributed by atoms with Crippen LogP contribution in [0.15, 0.2) is 48.5 Å². The second kappa shape index (κ2) is 10.2. The molecule has 0 aliphatic heterocycles. The zero-order valence-electron chi connectivity index (χ0n) is 16.6. The molecule has 1 amide bonds. The maximum absolute atomic E-state index is 12.2. The average Bonchev–Trinajstić information content (AvgIpc) is 2.64. The van der Waals surface area contributed by atoms with E-state index in [1.54, 1.807) is 33.1 Å². The quantitative estimate of drug-likeness (QED) is 0.638. The van der Waals surface area contributed by atoms with E-state index in [1.165, 1.54) is 0 Å². The average molecular weight is 405 g/mol. The first kappa shape index (κ1) is 21.9. The Morgan fingerprint density at radius 2 is 1.68 bits per heavy atom. The number of hydrogen-bond acceptors (Lipinski definition) is 4. The van der Waals surface area contributed by atoms with E-state index in [1.807, 2.05) is 36.4 Å². The predicted molar refractivity (Wildman–Crippen MR) is 110 cm³/mol. The van der Waals surface area contributed by atoms with Crippen LogP contribution in [0, 0.1) is 0 Å². The first-order valence-corrected chi connectivity index (χ1v) is 10.9. The smallest absolute Gasteiger partial charge is 0.220 e. The molecule has 0 spiro atoms. The van der Waals surface area contributed by atoms with Crippen LogP contribution >= 0.6 is 0 Å². The second-order valence-electron chi connectivity index (χ2n) is 6.93. The maximum atomic E-state index is 12.2. The van der Waals surface area contributed by atoms with Crippen molar-refractivity contribution in [2.75, 3.05) is 7.11 Å². The Hall–Kier alpha value is -2.38. The van der Waals surface area contributed by atoms with E-state index in [4.69, 9.17) is 4.74 Å². The molecular formula is C21H28N2O4S. The lowest BCUT2D eigenvalue weighted by Crippen LogP contribution is -2.32. The number of aryl methyl sites for hydroxylation is 1. The van der Waals surface area contributed by atoms with Crippen LogP contribution in [0.25, 0.3) is 0 Å². The van der Waals surface area contributed by atoms with Gasteiger partial charge in [-0.25, -0.2) is 13.1 Å². The zero-order chi connectivity index (χ0) is 20.6. The molecule has 0 aliphatic carbocycles. The van der Waals surface area contributed by atoms with Crippen LogP contribution in [0.5, 0.6) is 5.75 Å². The number of rotatable bonds is 10. The largest absolute Gasteiger partial charge is 0.497 e. The van der Waals surface area contributed by atoms with E-state index in [-0.39, 0.29) is 17.7 Å². The van der Waals surface area contributed by atoms with Gasteiger partial charge in [-0.15, -0.1) is 0 Å². The highest BCUT2D eigenvalue weighted by atomic mass is 32.2. The van der Waals surface area contributed by atoms with Gasteiger partial charge in [0.15, 0.2) is 0 Å². The maximum Gasteiger partial charge on any atom is 0.220 e. The first-order chi connectivity index (χ1) is 13.3. The summed E-state index contributed by atoms with van der Waals surface area (Å²) in [5, 5.41) is 2.88. The van der Waals surface area contributed by atoms with Crippen LogP contribution in [0.1, 0.15) is 37.0 Å². The summed E-state index contributed by atoms with van der Waals surface area (Å²) in [4.78, 5) is 12.2. The number of hydrogen-bond donors (Lipinski definition) is 2. The monoisotopic (exact) mass is 404 g/mol. The van der Waals surface area contributed by atoms with Gasteiger partial charge in [0.1, 0.15) is 5.75 Å². The van der Waals surface area contributed by atoms with Gasteiger partial charge in [-0.2, -0.15) is 0 Å². The number of carbonyl (C=O) groups excluding carboxylic acids is 1. The summed E-state index contributed by atoms with van der Waals surface area (Å²) in [6.07, 6.45) is 0.992. The van der Waals surface area contributed by atoms with Crippen molar-refractivity contribution in [1.29, 1.82) is 0 Å². The van der Waals surface area contributed by atoms with E-state index in [0.717, 1.165) is 16.9 Å². The van der Waals surface area contributed by atoms with Gasteiger partial charge < -0.3 is 10.1 Å². The van der Waals surface area contributed by atoms with Crippen molar-refractivity contribution in [2.24, 2.45) is 0 Å². The molecule has 0 atom stereocenters. The molecule has 2 N–H and O–H groups in total. The summed E-state index contributed by atoms with van der Waals surface area (Å²) in [5.41, 5.74) is 2.54. The molecule has 7 heteroatoms. The fraction of sp³-hybridized carbons (Fsp3) is 0.381. The van der Waals surface area contributed by atoms with Gasteiger partial charge in [-0.3, -0.25) is 4.79 Å². The number of methoxy groups -OCH3 is 1. The summed E-state index contributed by atoms with van der Waals surface area (Å²) in [6.45, 7) is 3.87. The third-order valence-electron chi connectivity index (χ3n) is 4.15. The SMILES string of the molecule is COc1ccc(CCC(=O)NCc2ccccc2CS(=O)(=O)NC(C)C)cc1. The van der Waals surface area contributed by atoms with E-state index in [2.05, 4.69) is 10.0 Å². The fourth-order valence-corrected chi connectivity index (χ4v) is 4.30. The number of carbonyl (C=O) groups is 1. The van der Waals surface area contributed by atoms with Gasteiger partial charge >= 0.3 is 0 Å². The van der Waals surface area contributed by atoms with Gasteiger partial charge in [0.05, 0.1) is 12.9 Å². The van der Waals surface area contributed by atoms with Crippen molar-refractivity contribution in [3.05, 3.63) is 65.2 Å². The lowest BCUT2D eigenvalue weighted by Gasteiger charge is -2.13. The van der Waals surface area contributed by atoms with Gasteiger partial charge in [-0.1, -0.05) is 36.4 Å². The van der Waals surface area contributed by atoms with Crippen molar-refractivity contribution in [3.8, 4) is 5.75 Å². The number of amides is 1. The van der Waals surface area contributed by atoms with Crippen LogP contribution in [-0.4, -0.2) is 27.5 Å². The van der Waals surface area contributed by atoms with Gasteiger partial charge in [-0.05, 0) is 49.1 Å². The molecule has 2 aromatic rings. The van der Waals surface area contributed by atoms with Crippen LogP contribution < -0.4 is 14.8 Å². The molecule has 2 rings (SSSR count). The van der Waals surface area contributed by atoms with E-state index in [9.17, 15) is 13.2 Å². The summed E-state index contributed by atoms with van der Waals surface area (Å²) in [5.74, 6) is 0.601. The molecule has 0 saturated heterocycles. The van der Waals surface area contributed by atoms with Crippen molar-refractivity contribution in [1.82, 2.24) is 10.0 Å². The second-order valence-corrected chi connectivity index (χ2v) is 8.68. The molecule has 0 heterocycles. The van der Waals surface area contributed by atoms with Crippen LogP contribution in [0.2, 0.25) is 0 Å². The molecular weight excluding hydrogens is 376 g/mol. The highest BCUT2D eigenvalue weighted by Gasteiger charge is 2.15. The highest BCUT2D eigenvalue weighted by molar-refractivity contribution is 7.88. The lowest BCUT2D eigenvalue weighted by molar-refractivity contribution is -0.121. The Bertz CT molecular complexity index is 878. The van der Waals surface area contributed by atoms with Gasteiger partial charge in [0, 0.05) is 19.0 Å². The number of ether oxygens (including phenoxy) is 1. The number of sulfonamides is 1. The molecule has 0 bridgehead atoms. The number of benzene rings is 2. The minimum atomic E-state index is -3.42. The van der Waals surface area contributed by atoms with Gasteiger partial charge in [0.25, 0.3) is 0 Å². The molecule has 0 unspecified atom stereocenters. The predicted octanol–water partition coefficient (Wildman–Crippen LogP) is 2.77. The molecule has 0 fully saturated rings. The summed E-state index contributed by atoms with van der Waals surface area (Å²) >= 11 is 0. The van der Waals surface area contributed by atoms with Crippen LogP contribution in [0.4, 0.5) is 0 Å². The summed E-state index contributed by atoms with van der Waals surface area (Å²) in [7, 11) is -1.80. The van der Waals surface area contributed by atoms with E-state index in [0.29, 0.717) is 24.9 Å². The molecule has 28 heavy (non-hydrogen) atoms. The Labute approximate surface area is 167 Å². The topological polar surface area (TPSA) is 84.5 Å². The van der Waals surface area contributed by atoms with Crippen molar-refractivity contribution in [2.45, 2.75) is 45.0 Å². The molecule has 0 saturated carbocycles. The molecule has 6 nitrogen and oxygen atoms in total. The molecule has 0 aliphatic rings. The Morgan fingerprint density at radius 1 is 1.04 bits per heavy atom. The Kier molecular flexibility index (Phi) is 8.02. The molecule has 152 valence electrons. The van der Waals surface area contributed by atoms with Crippen molar-refractivity contribution in [3.63, 3.8) is 0 Å². The normalized spacial score (nSPS) is 11.4. The molecule has 0 aromatic heterocycles. The van der Waals surface area contributed by atoms with Crippen LogP contribution in [-0.2, 0) is 33.5 Å². The fourth-order valence-electron chi connectivity index (χ4n) is 2.81. The molecule has 0 radical (unpaired) electrons. The van der Waals surface area contributed by atoms with Crippen molar-refractivity contribution < 1.29 is 17.9 Å². The third kappa shape index (κ3) is 7.32. The third-order valence-corrected chi connectivity index (χ3v) is 5.68. The standard InChI is InChI=1S/C21H28N2O4S/c1-16(2)23-28(25,26)15-19-7-5-4-6-18(19)14-22-21(24)13-10-17-8-11-20(27-3)12-9-17/h4-9,11-12,16,23H,10,13-15H2,1-3H3,(H,22,24). The van der Waals surface area contributed by atoms with Crippen molar-refractivity contribution >= 4 is 15.9 Å². The Balaban J connectivity index is 1.90. The number of nitrogens with one attached hydrogen (secondary N) is 2. The summed E-state index contributed by atoms with van der Waals surface area (Å²) in [6, 6.07) is 14.7. The van der Waals surface area contributed by atoms with E-state index < -0.39 is 10.0 Å². The summed E-state index contributed by atoms with van der Waals surface area (Å²) < 4.78 is 32.1. The highest BCUT2D eigenvalue weighted by Crippen LogP contribution is 2.14. The minimum Gasteiger partial charge on any atom is -0.497 e. The Morgan fingerprint density at radius 3 is 2.29 bits per heavy atom. The minimum absolute atomic E-state index is 0.0752. The van der Waals surface area contributed by atoms with E-state index >= 15 is 0 Å².